The first kappa shape index (κ1) is 22.2. The summed E-state index contributed by atoms with van der Waals surface area (Å²) >= 11 is 0. The van der Waals surface area contributed by atoms with Gasteiger partial charge in [0.15, 0.2) is 0 Å². The van der Waals surface area contributed by atoms with Gasteiger partial charge in [-0.1, -0.05) is 18.2 Å². The maximum Gasteiger partial charge on any atom is 0.458 e. The predicted molar refractivity (Wildman–Crippen MR) is 107 cm³/mol. The van der Waals surface area contributed by atoms with Crippen LogP contribution in [-0.2, 0) is 15.5 Å². The van der Waals surface area contributed by atoms with Crippen LogP contribution in [0.25, 0.3) is 0 Å². The molecule has 33 heavy (non-hydrogen) atoms. The quantitative estimate of drug-likeness (QED) is 0.479. The Morgan fingerprint density at radius 1 is 1.06 bits per heavy atom. The number of nitrogens with zero attached hydrogens (tertiary/aromatic N) is 1. The van der Waals surface area contributed by atoms with Crippen LogP contribution in [0.2, 0.25) is 0 Å². The lowest BCUT2D eigenvalue weighted by atomic mass is 9.99. The van der Waals surface area contributed by atoms with Crippen molar-refractivity contribution in [1.29, 1.82) is 0 Å². The van der Waals surface area contributed by atoms with Gasteiger partial charge in [-0.3, -0.25) is 4.79 Å². The second-order valence-corrected chi connectivity index (χ2v) is 7.10. The SMILES string of the molecule is O=C1OC=C2CC=C(Nc3ncccc3C(=O)Nc3ccc(C(F)(F)C(F)(F)F)cc3)C=C12. The van der Waals surface area contributed by atoms with Crippen molar-refractivity contribution in [2.24, 2.45) is 0 Å². The van der Waals surface area contributed by atoms with E-state index in [4.69, 9.17) is 4.74 Å². The minimum atomic E-state index is -5.73. The Hall–Kier alpha value is -4.02. The molecule has 0 spiro atoms. The minimum absolute atomic E-state index is 0.0130. The van der Waals surface area contributed by atoms with Gasteiger partial charge < -0.3 is 15.4 Å². The fraction of sp³-hybridized carbons (Fsp3) is 0.136. The second-order valence-electron chi connectivity index (χ2n) is 7.10. The molecule has 0 bridgehead atoms. The fourth-order valence-corrected chi connectivity index (χ4v) is 3.16. The number of carbonyl (C=O) groups is 2. The number of hydrogen-bond acceptors (Lipinski definition) is 5. The van der Waals surface area contributed by atoms with Crippen LogP contribution in [0.1, 0.15) is 22.3 Å². The molecule has 4 rings (SSSR count). The summed E-state index contributed by atoms with van der Waals surface area (Å²) in [5, 5.41) is 5.38. The van der Waals surface area contributed by atoms with Gasteiger partial charge in [0, 0.05) is 28.7 Å². The molecule has 0 unspecified atom stereocenters. The van der Waals surface area contributed by atoms with Gasteiger partial charge in [-0.2, -0.15) is 22.0 Å². The van der Waals surface area contributed by atoms with E-state index in [0.29, 0.717) is 29.8 Å². The zero-order valence-electron chi connectivity index (χ0n) is 16.5. The van der Waals surface area contributed by atoms with Crippen molar-refractivity contribution in [3.8, 4) is 0 Å². The first-order valence-corrected chi connectivity index (χ1v) is 9.47. The third-order valence-electron chi connectivity index (χ3n) is 4.89. The van der Waals surface area contributed by atoms with Gasteiger partial charge >= 0.3 is 18.1 Å². The van der Waals surface area contributed by atoms with Gasteiger partial charge in [-0.15, -0.1) is 0 Å². The Bertz CT molecular complexity index is 1210. The molecule has 0 saturated heterocycles. The molecule has 2 heterocycles. The predicted octanol–water partition coefficient (Wildman–Crippen LogP) is 5.05. The molecule has 2 aromatic rings. The average Bonchev–Trinajstić information content (AvgIpc) is 3.14. The van der Waals surface area contributed by atoms with Crippen LogP contribution >= 0.6 is 0 Å². The van der Waals surface area contributed by atoms with E-state index in [9.17, 15) is 31.5 Å². The van der Waals surface area contributed by atoms with Crippen LogP contribution in [0.3, 0.4) is 0 Å². The lowest BCUT2D eigenvalue weighted by Crippen LogP contribution is -2.33. The highest BCUT2D eigenvalue weighted by molar-refractivity contribution is 6.07. The van der Waals surface area contributed by atoms with Crippen molar-refractivity contribution in [2.45, 2.75) is 18.5 Å². The highest BCUT2D eigenvalue weighted by Gasteiger charge is 2.58. The number of anilines is 2. The number of carbonyl (C=O) groups excluding carboxylic acids is 2. The number of hydrogen-bond donors (Lipinski definition) is 2. The highest BCUT2D eigenvalue weighted by atomic mass is 19.4. The van der Waals surface area contributed by atoms with E-state index in [1.807, 2.05) is 0 Å². The number of esters is 1. The highest BCUT2D eigenvalue weighted by Crippen LogP contribution is 2.44. The number of alkyl halides is 5. The van der Waals surface area contributed by atoms with Crippen molar-refractivity contribution in [3.63, 3.8) is 0 Å². The largest absolute Gasteiger partial charge is 0.458 e. The summed E-state index contributed by atoms with van der Waals surface area (Å²) in [6.07, 6.45) is 0.829. The number of amides is 1. The number of ether oxygens (including phenoxy) is 1. The second kappa shape index (κ2) is 8.15. The molecular weight excluding hydrogens is 449 g/mol. The Kier molecular flexibility index (Phi) is 5.48. The molecular formula is C22H14F5N3O3. The smallest absolute Gasteiger partial charge is 0.431 e. The molecule has 0 saturated carbocycles. The first-order valence-electron chi connectivity index (χ1n) is 9.47. The minimum Gasteiger partial charge on any atom is -0.431 e. The zero-order valence-corrected chi connectivity index (χ0v) is 16.5. The molecule has 0 atom stereocenters. The van der Waals surface area contributed by atoms with Crippen LogP contribution in [0.5, 0.6) is 0 Å². The summed E-state index contributed by atoms with van der Waals surface area (Å²) in [7, 11) is 0. The van der Waals surface area contributed by atoms with Gasteiger partial charge in [0.1, 0.15) is 5.82 Å². The van der Waals surface area contributed by atoms with Crippen molar-refractivity contribution >= 4 is 23.4 Å². The molecule has 6 nitrogen and oxygen atoms in total. The van der Waals surface area contributed by atoms with Gasteiger partial charge in [-0.05, 0) is 36.8 Å². The summed E-state index contributed by atoms with van der Waals surface area (Å²) in [6, 6.07) is 6.03. The zero-order chi connectivity index (χ0) is 23.8. The lowest BCUT2D eigenvalue weighted by Gasteiger charge is -2.20. The Morgan fingerprint density at radius 3 is 2.48 bits per heavy atom. The average molecular weight is 463 g/mol. The number of pyridine rings is 1. The molecule has 2 aliphatic rings. The number of benzene rings is 1. The molecule has 1 aliphatic carbocycles. The van der Waals surface area contributed by atoms with Crippen molar-refractivity contribution in [2.75, 3.05) is 10.6 Å². The van der Waals surface area contributed by atoms with E-state index in [2.05, 4.69) is 15.6 Å². The molecule has 0 radical (unpaired) electrons. The molecule has 1 amide bonds. The van der Waals surface area contributed by atoms with E-state index >= 15 is 0 Å². The molecule has 2 N–H and O–H groups in total. The molecule has 1 aliphatic heterocycles. The Morgan fingerprint density at radius 2 is 1.79 bits per heavy atom. The van der Waals surface area contributed by atoms with Gasteiger partial charge in [-0.25, -0.2) is 9.78 Å². The maximum atomic E-state index is 13.4. The van der Waals surface area contributed by atoms with E-state index < -0.39 is 29.5 Å². The topological polar surface area (TPSA) is 80.3 Å². The first-order chi connectivity index (χ1) is 15.6. The molecule has 11 heteroatoms. The molecule has 1 aromatic carbocycles. The van der Waals surface area contributed by atoms with Crippen LogP contribution in [-0.4, -0.2) is 23.0 Å². The number of fused-ring (bicyclic) bond motifs is 1. The molecule has 0 fully saturated rings. The van der Waals surface area contributed by atoms with Crippen molar-refractivity contribution in [1.82, 2.24) is 4.98 Å². The summed E-state index contributed by atoms with van der Waals surface area (Å²) in [5.74, 6) is -6.03. The number of halogens is 5. The van der Waals surface area contributed by atoms with Crippen LogP contribution in [0.4, 0.5) is 33.5 Å². The molecule has 170 valence electrons. The monoisotopic (exact) mass is 463 g/mol. The van der Waals surface area contributed by atoms with Crippen LogP contribution in [0, 0.1) is 0 Å². The summed E-state index contributed by atoms with van der Waals surface area (Å²) < 4.78 is 69.3. The third-order valence-corrected chi connectivity index (χ3v) is 4.89. The van der Waals surface area contributed by atoms with Crippen molar-refractivity contribution < 1.29 is 36.3 Å². The van der Waals surface area contributed by atoms with E-state index in [1.165, 1.54) is 24.6 Å². The normalized spacial score (nSPS) is 15.7. The number of allylic oxidation sites excluding steroid dienone is 2. The molecule has 1 aromatic heterocycles. The number of cyclic esters (lactones) is 1. The standard InChI is InChI=1S/C22H14F5N3O3/c23-21(24,22(25,26)27)13-4-7-14(8-5-13)30-19(31)16-2-1-9-28-18(16)29-15-6-3-12-11-33-20(32)17(12)10-15/h1-2,4-11H,3H2,(H,28,29)(H,30,31). The summed E-state index contributed by atoms with van der Waals surface area (Å²) in [5.41, 5.74) is 0.470. The number of nitrogens with one attached hydrogen (secondary N) is 2. The number of rotatable bonds is 5. The van der Waals surface area contributed by atoms with Crippen molar-refractivity contribution in [3.05, 3.63) is 89.0 Å². The lowest BCUT2D eigenvalue weighted by molar-refractivity contribution is -0.289. The Labute approximate surface area is 183 Å². The third kappa shape index (κ3) is 4.34. The maximum absolute atomic E-state index is 13.4. The van der Waals surface area contributed by atoms with Crippen LogP contribution in [0.15, 0.2) is 77.9 Å². The summed E-state index contributed by atoms with van der Waals surface area (Å²) in [4.78, 5) is 28.6. The number of aromatic nitrogens is 1. The van der Waals surface area contributed by atoms with Gasteiger partial charge in [0.25, 0.3) is 5.91 Å². The van der Waals surface area contributed by atoms with Gasteiger partial charge in [0.05, 0.1) is 17.4 Å². The Balaban J connectivity index is 1.50. The van der Waals surface area contributed by atoms with Crippen LogP contribution < -0.4 is 10.6 Å². The fourth-order valence-electron chi connectivity index (χ4n) is 3.16. The van der Waals surface area contributed by atoms with E-state index in [0.717, 1.165) is 17.7 Å². The van der Waals surface area contributed by atoms with E-state index in [1.54, 1.807) is 12.2 Å². The summed E-state index contributed by atoms with van der Waals surface area (Å²) in [6.45, 7) is 0. The van der Waals surface area contributed by atoms with Gasteiger partial charge in [0.2, 0.25) is 0 Å². The van der Waals surface area contributed by atoms with E-state index in [-0.39, 0.29) is 17.1 Å².